The maximum absolute atomic E-state index is 6.17. The quantitative estimate of drug-likeness (QED) is 0.867. The monoisotopic (exact) mass is 334 g/mol. The first-order valence-corrected chi connectivity index (χ1v) is 8.46. The van der Waals surface area contributed by atoms with Crippen molar-refractivity contribution >= 4 is 28.9 Å². The predicted octanol–water partition coefficient (Wildman–Crippen LogP) is 4.75. The lowest BCUT2D eigenvalue weighted by Gasteiger charge is -2.36. The Morgan fingerprint density at radius 2 is 1.68 bits per heavy atom. The molecular weight excluding hydrogens is 315 g/mol. The maximum Gasteiger partial charge on any atom is 0.0595 e. The molecule has 1 aliphatic heterocycles. The van der Waals surface area contributed by atoms with E-state index in [2.05, 4.69) is 46.6 Å². The van der Waals surface area contributed by atoms with Gasteiger partial charge in [-0.15, -0.1) is 0 Å². The summed E-state index contributed by atoms with van der Waals surface area (Å²) in [7, 11) is 0. The summed E-state index contributed by atoms with van der Waals surface area (Å²) in [5.74, 6) is 0. The molecule has 0 spiro atoms. The lowest BCUT2D eigenvalue weighted by molar-refractivity contribution is 0.428. The molecule has 1 aliphatic rings. The first kappa shape index (κ1) is 15.7. The van der Waals surface area contributed by atoms with E-state index in [0.717, 1.165) is 32.5 Å². The third kappa shape index (κ3) is 3.75. The smallest absolute Gasteiger partial charge is 0.0595 e. The van der Waals surface area contributed by atoms with E-state index in [-0.39, 0.29) is 0 Å². The number of benzene rings is 2. The van der Waals surface area contributed by atoms with Gasteiger partial charge in [-0.05, 0) is 55.8 Å². The van der Waals surface area contributed by atoms with Crippen LogP contribution in [0, 0.1) is 0 Å². The molecule has 2 aromatic carbocycles. The largest absolute Gasteiger partial charge is 0.364 e. The van der Waals surface area contributed by atoms with Crippen LogP contribution in [-0.2, 0) is 6.54 Å². The number of anilines is 1. The number of nitrogens with zero attached hydrogens (tertiary/aromatic N) is 1. The Kier molecular flexibility index (Phi) is 5.24. The van der Waals surface area contributed by atoms with Crippen molar-refractivity contribution < 1.29 is 0 Å². The Morgan fingerprint density at radius 3 is 2.36 bits per heavy atom. The van der Waals surface area contributed by atoms with Crippen molar-refractivity contribution in [3.63, 3.8) is 0 Å². The van der Waals surface area contributed by atoms with Crippen LogP contribution >= 0.6 is 23.2 Å². The van der Waals surface area contributed by atoms with E-state index in [1.807, 2.05) is 12.1 Å². The topological polar surface area (TPSA) is 15.3 Å². The van der Waals surface area contributed by atoms with Crippen LogP contribution in [0.2, 0.25) is 10.0 Å². The zero-order valence-electron chi connectivity index (χ0n) is 12.4. The fraction of sp³-hybridized carbons (Fsp3) is 0.333. The molecule has 0 radical (unpaired) electrons. The summed E-state index contributed by atoms with van der Waals surface area (Å²) in [6.07, 6.45) is 2.33. The number of para-hydroxylation sites is 1. The molecule has 0 unspecified atom stereocenters. The highest BCUT2D eigenvalue weighted by Gasteiger charge is 2.21. The van der Waals surface area contributed by atoms with Gasteiger partial charge in [0.25, 0.3) is 0 Å². The average molecular weight is 335 g/mol. The van der Waals surface area contributed by atoms with Crippen LogP contribution in [0.15, 0.2) is 48.5 Å². The molecule has 0 aliphatic carbocycles. The van der Waals surface area contributed by atoms with Gasteiger partial charge in [0, 0.05) is 18.3 Å². The van der Waals surface area contributed by atoms with E-state index in [0.29, 0.717) is 16.1 Å². The molecule has 116 valence electrons. The highest BCUT2D eigenvalue weighted by Crippen LogP contribution is 2.27. The summed E-state index contributed by atoms with van der Waals surface area (Å²) in [5.41, 5.74) is 2.46. The molecule has 1 N–H and O–H groups in total. The van der Waals surface area contributed by atoms with Gasteiger partial charge >= 0.3 is 0 Å². The summed E-state index contributed by atoms with van der Waals surface area (Å²) < 4.78 is 0. The Hall–Kier alpha value is -1.22. The molecule has 22 heavy (non-hydrogen) atoms. The molecule has 0 bridgehead atoms. The van der Waals surface area contributed by atoms with Crippen LogP contribution < -0.4 is 10.2 Å². The lowest BCUT2D eigenvalue weighted by Crippen LogP contribution is -2.43. The van der Waals surface area contributed by atoms with Crippen molar-refractivity contribution in [1.29, 1.82) is 0 Å². The predicted molar refractivity (Wildman–Crippen MR) is 95.0 cm³/mol. The van der Waals surface area contributed by atoms with E-state index in [1.54, 1.807) is 0 Å². The normalized spacial score (nSPS) is 15.7. The van der Waals surface area contributed by atoms with E-state index in [1.165, 1.54) is 11.3 Å². The number of halogens is 2. The summed E-state index contributed by atoms with van der Waals surface area (Å²) in [6, 6.07) is 17.1. The zero-order chi connectivity index (χ0) is 15.4. The van der Waals surface area contributed by atoms with E-state index >= 15 is 0 Å². The first-order valence-electron chi connectivity index (χ1n) is 7.70. The minimum absolute atomic E-state index is 0.554. The number of hydrogen-bond acceptors (Lipinski definition) is 2. The van der Waals surface area contributed by atoms with Gasteiger partial charge in [-0.1, -0.05) is 47.5 Å². The number of rotatable bonds is 4. The van der Waals surface area contributed by atoms with Gasteiger partial charge in [0.1, 0.15) is 0 Å². The Bertz CT molecular complexity index is 610. The van der Waals surface area contributed by atoms with Crippen LogP contribution in [0.4, 0.5) is 5.69 Å². The van der Waals surface area contributed by atoms with Gasteiger partial charge < -0.3 is 10.2 Å². The van der Waals surface area contributed by atoms with Crippen molar-refractivity contribution in [2.24, 2.45) is 0 Å². The molecule has 2 aromatic rings. The van der Waals surface area contributed by atoms with Crippen molar-refractivity contribution in [3.05, 3.63) is 64.1 Å². The third-order valence-corrected chi connectivity index (χ3v) is 4.91. The Labute approximate surface area is 142 Å². The van der Waals surface area contributed by atoms with Gasteiger partial charge in [0.05, 0.1) is 10.0 Å². The fourth-order valence-electron chi connectivity index (χ4n) is 3.00. The average Bonchev–Trinajstić information content (AvgIpc) is 2.57. The van der Waals surface area contributed by atoms with E-state index < -0.39 is 0 Å². The summed E-state index contributed by atoms with van der Waals surface area (Å²) >= 11 is 12.2. The van der Waals surface area contributed by atoms with Crippen molar-refractivity contribution in [2.45, 2.75) is 25.4 Å². The molecule has 1 saturated heterocycles. The second kappa shape index (κ2) is 7.36. The van der Waals surface area contributed by atoms with Gasteiger partial charge in [-0.2, -0.15) is 0 Å². The van der Waals surface area contributed by atoms with Crippen molar-refractivity contribution in [2.75, 3.05) is 18.0 Å². The standard InChI is InChI=1S/C18H20Cl2N2/c19-17-7-6-14(12-18(17)20)13-22(15-4-2-1-3-5-15)16-8-10-21-11-9-16/h1-7,12,16,21H,8-11,13H2. The first-order chi connectivity index (χ1) is 10.7. The molecule has 1 heterocycles. The summed E-state index contributed by atoms with van der Waals surface area (Å²) in [4.78, 5) is 2.49. The van der Waals surface area contributed by atoms with Crippen molar-refractivity contribution in [3.8, 4) is 0 Å². The summed E-state index contributed by atoms with van der Waals surface area (Å²) in [6.45, 7) is 3.01. The van der Waals surface area contributed by atoms with Crippen LogP contribution in [-0.4, -0.2) is 19.1 Å². The van der Waals surface area contributed by atoms with Crippen molar-refractivity contribution in [1.82, 2.24) is 5.32 Å². The summed E-state index contributed by atoms with van der Waals surface area (Å²) in [5, 5.41) is 4.67. The number of piperidine rings is 1. The molecular formula is C18H20Cl2N2. The second-order valence-electron chi connectivity index (χ2n) is 5.69. The van der Waals surface area contributed by atoms with Gasteiger partial charge in [0.15, 0.2) is 0 Å². The van der Waals surface area contributed by atoms with Crippen LogP contribution in [0.5, 0.6) is 0 Å². The minimum Gasteiger partial charge on any atom is -0.364 e. The van der Waals surface area contributed by atoms with E-state index in [9.17, 15) is 0 Å². The molecule has 0 saturated carbocycles. The molecule has 3 rings (SSSR count). The van der Waals surface area contributed by atoms with Gasteiger partial charge in [0.2, 0.25) is 0 Å². The van der Waals surface area contributed by atoms with E-state index in [4.69, 9.17) is 23.2 Å². The van der Waals surface area contributed by atoms with Crippen LogP contribution in [0.3, 0.4) is 0 Å². The lowest BCUT2D eigenvalue weighted by atomic mass is 10.0. The molecule has 1 fully saturated rings. The van der Waals surface area contributed by atoms with Gasteiger partial charge in [-0.25, -0.2) is 0 Å². The highest BCUT2D eigenvalue weighted by atomic mass is 35.5. The SMILES string of the molecule is Clc1ccc(CN(c2ccccc2)C2CCNCC2)cc1Cl. The molecule has 0 aromatic heterocycles. The van der Waals surface area contributed by atoms with Crippen LogP contribution in [0.25, 0.3) is 0 Å². The molecule has 2 nitrogen and oxygen atoms in total. The zero-order valence-corrected chi connectivity index (χ0v) is 13.9. The molecule has 0 atom stereocenters. The third-order valence-electron chi connectivity index (χ3n) is 4.17. The highest BCUT2D eigenvalue weighted by molar-refractivity contribution is 6.42. The second-order valence-corrected chi connectivity index (χ2v) is 6.51. The number of hydrogen-bond donors (Lipinski definition) is 1. The van der Waals surface area contributed by atoms with Crippen LogP contribution in [0.1, 0.15) is 18.4 Å². The molecule has 4 heteroatoms. The Balaban J connectivity index is 1.86. The minimum atomic E-state index is 0.554. The molecule has 0 amide bonds. The maximum atomic E-state index is 6.17. The fourth-order valence-corrected chi connectivity index (χ4v) is 3.32. The number of nitrogens with one attached hydrogen (secondary N) is 1. The Morgan fingerprint density at radius 1 is 0.955 bits per heavy atom. The van der Waals surface area contributed by atoms with Gasteiger partial charge in [-0.3, -0.25) is 0 Å².